The summed E-state index contributed by atoms with van der Waals surface area (Å²) < 4.78 is 0. The number of thioether (sulfide) groups is 1. The number of likely N-dealkylation sites (N-methyl/N-ethyl adjacent to an activating group) is 1. The predicted molar refractivity (Wildman–Crippen MR) is 134 cm³/mol. The summed E-state index contributed by atoms with van der Waals surface area (Å²) in [5, 5.41) is 15.3. The van der Waals surface area contributed by atoms with Gasteiger partial charge in [0.1, 0.15) is 0 Å². The maximum Gasteiger partial charge on any atom is 0.281 e. The molecule has 1 saturated heterocycles. The molecule has 7 nitrogen and oxygen atoms in total. The van der Waals surface area contributed by atoms with Crippen molar-refractivity contribution in [1.82, 2.24) is 9.88 Å². The van der Waals surface area contributed by atoms with Gasteiger partial charge >= 0.3 is 0 Å². The number of anilines is 1. The molecule has 6 atom stereocenters. The van der Waals surface area contributed by atoms with Gasteiger partial charge in [0.05, 0.1) is 25.9 Å². The van der Waals surface area contributed by atoms with Gasteiger partial charge in [-0.1, -0.05) is 20.8 Å². The van der Waals surface area contributed by atoms with E-state index in [4.69, 9.17) is 4.98 Å². The van der Waals surface area contributed by atoms with Crippen molar-refractivity contribution < 1.29 is 19.6 Å². The Hall–Kier alpha value is -1.16. The average Bonchev–Trinajstić information content (AvgIpc) is 3.14. The second-order valence-corrected chi connectivity index (χ2v) is 13.1. The van der Waals surface area contributed by atoms with E-state index < -0.39 is 6.10 Å². The molecule has 0 spiro atoms. The number of thiazole rings is 1. The Morgan fingerprint density at radius 1 is 1.33 bits per heavy atom. The first-order valence-electron chi connectivity index (χ1n) is 12.2. The maximum absolute atomic E-state index is 13.2. The zero-order valence-electron chi connectivity index (χ0n) is 20.5. The summed E-state index contributed by atoms with van der Waals surface area (Å²) in [7, 11) is 3.90. The van der Waals surface area contributed by atoms with E-state index in [1.165, 1.54) is 4.88 Å². The molecule has 4 rings (SSSR count). The molecule has 184 valence electrons. The molecular formula is C24H39N4O3S2+. The van der Waals surface area contributed by atoms with Crippen molar-refractivity contribution in [1.29, 1.82) is 0 Å². The lowest BCUT2D eigenvalue weighted by atomic mass is 9.53. The number of aliphatic hydroxyl groups is 1. The number of hydrogen-bond acceptors (Lipinski definition) is 6. The van der Waals surface area contributed by atoms with E-state index in [1.807, 2.05) is 37.7 Å². The summed E-state index contributed by atoms with van der Waals surface area (Å²) in [6, 6.07) is 0. The van der Waals surface area contributed by atoms with Gasteiger partial charge in [-0.2, -0.15) is 11.8 Å². The fourth-order valence-electron chi connectivity index (χ4n) is 6.34. The van der Waals surface area contributed by atoms with Gasteiger partial charge in [0.15, 0.2) is 11.7 Å². The highest BCUT2D eigenvalue weighted by atomic mass is 32.2. The third-order valence-corrected chi connectivity index (χ3v) is 9.97. The molecule has 1 aliphatic heterocycles. The largest absolute Gasteiger partial charge is 0.392 e. The molecule has 0 unspecified atom stereocenters. The van der Waals surface area contributed by atoms with E-state index in [-0.39, 0.29) is 40.9 Å². The minimum Gasteiger partial charge on any atom is -0.392 e. The van der Waals surface area contributed by atoms with Crippen LogP contribution in [0, 0.1) is 23.2 Å². The number of carbonyl (C=O) groups excluding carboxylic acids is 2. The Kier molecular flexibility index (Phi) is 7.44. The van der Waals surface area contributed by atoms with Crippen LogP contribution in [0.4, 0.5) is 5.13 Å². The monoisotopic (exact) mass is 495 g/mol. The van der Waals surface area contributed by atoms with Gasteiger partial charge in [-0.05, 0) is 36.5 Å². The smallest absolute Gasteiger partial charge is 0.281 e. The van der Waals surface area contributed by atoms with Crippen LogP contribution in [0.1, 0.15) is 50.1 Å². The Bertz CT molecular complexity index is 885. The molecule has 0 radical (unpaired) electrons. The number of hydrogen-bond donors (Lipinski definition) is 3. The fraction of sp³-hybridized carbons (Fsp3) is 0.792. The number of aromatic nitrogens is 1. The summed E-state index contributed by atoms with van der Waals surface area (Å²) in [6.07, 6.45) is 2.22. The van der Waals surface area contributed by atoms with Gasteiger partial charge in [0, 0.05) is 41.3 Å². The van der Waals surface area contributed by atoms with Gasteiger partial charge in [0.2, 0.25) is 5.91 Å². The molecule has 1 aromatic heterocycles. The van der Waals surface area contributed by atoms with Crippen molar-refractivity contribution in [2.24, 2.45) is 23.2 Å². The molecule has 1 aromatic rings. The lowest BCUT2D eigenvalue weighted by Crippen LogP contribution is -3.06. The van der Waals surface area contributed by atoms with E-state index >= 15 is 0 Å². The first-order valence-corrected chi connectivity index (χ1v) is 14.2. The highest BCUT2D eigenvalue weighted by Crippen LogP contribution is 2.57. The number of nitrogens with zero attached hydrogens (tertiary/aromatic N) is 2. The van der Waals surface area contributed by atoms with E-state index in [2.05, 4.69) is 19.2 Å². The Morgan fingerprint density at radius 2 is 2.03 bits per heavy atom. The van der Waals surface area contributed by atoms with Crippen LogP contribution >= 0.6 is 23.1 Å². The van der Waals surface area contributed by atoms with E-state index in [9.17, 15) is 14.7 Å². The number of carbonyl (C=O) groups is 2. The first-order chi connectivity index (χ1) is 15.6. The lowest BCUT2D eigenvalue weighted by Gasteiger charge is -2.53. The van der Waals surface area contributed by atoms with Crippen LogP contribution in [0.15, 0.2) is 0 Å². The molecule has 3 aliphatic rings. The zero-order valence-corrected chi connectivity index (χ0v) is 22.2. The molecule has 2 amide bonds. The standard InChI is InChI=1S/C24H38N4O3S2/c1-14(22(31)28-8-10-32-11-9-28)16-6-7-24(3)12-17-20(15(2)19(24)21(16)30)26-23(33-17)25-18(29)13-27(4)5/h14-16,19,21,30H,6-13H2,1-5H3,(H,25,26,29)/p+1/t14-,15-,16-,19+,21-,24+/m0/s1. The minimum atomic E-state index is -0.526. The summed E-state index contributed by atoms with van der Waals surface area (Å²) in [6.45, 7) is 8.51. The van der Waals surface area contributed by atoms with Crippen LogP contribution in [-0.2, 0) is 16.0 Å². The van der Waals surface area contributed by atoms with Gasteiger partial charge in [-0.15, -0.1) is 11.3 Å². The van der Waals surface area contributed by atoms with Crippen LogP contribution in [0.3, 0.4) is 0 Å². The van der Waals surface area contributed by atoms with E-state index in [0.29, 0.717) is 11.7 Å². The van der Waals surface area contributed by atoms with E-state index in [1.54, 1.807) is 11.3 Å². The normalized spacial score (nSPS) is 32.8. The highest BCUT2D eigenvalue weighted by Gasteiger charge is 2.54. The Morgan fingerprint density at radius 3 is 2.70 bits per heavy atom. The molecule has 3 N–H and O–H groups in total. The molecule has 1 saturated carbocycles. The van der Waals surface area contributed by atoms with Gasteiger partial charge < -0.3 is 14.9 Å². The second kappa shape index (κ2) is 9.84. The molecule has 2 aliphatic carbocycles. The van der Waals surface area contributed by atoms with Crippen molar-refractivity contribution in [2.45, 2.75) is 52.1 Å². The average molecular weight is 496 g/mol. The third kappa shape index (κ3) is 4.97. The SMILES string of the molecule is C[C@H](C(=O)N1CCSCC1)[C@@H]1CC[C@]2(C)Cc3sc(NC(=O)C[NH+](C)C)nc3[C@@H](C)[C@@H]2[C@H]1O. The van der Waals surface area contributed by atoms with E-state index in [0.717, 1.165) is 54.5 Å². The van der Waals surface area contributed by atoms with Crippen molar-refractivity contribution in [3.05, 3.63) is 10.6 Å². The van der Waals surface area contributed by atoms with Crippen molar-refractivity contribution in [3.63, 3.8) is 0 Å². The lowest BCUT2D eigenvalue weighted by molar-refractivity contribution is -0.849. The second-order valence-electron chi connectivity index (χ2n) is 10.8. The van der Waals surface area contributed by atoms with Crippen LogP contribution in [0.25, 0.3) is 0 Å². The molecule has 33 heavy (non-hydrogen) atoms. The van der Waals surface area contributed by atoms with Crippen molar-refractivity contribution in [2.75, 3.05) is 50.6 Å². The van der Waals surface area contributed by atoms with Crippen molar-refractivity contribution in [3.8, 4) is 0 Å². The van der Waals surface area contributed by atoms with Crippen LogP contribution in [-0.4, -0.2) is 78.1 Å². The predicted octanol–water partition coefficient (Wildman–Crippen LogP) is 1.49. The number of amides is 2. The van der Waals surface area contributed by atoms with Crippen LogP contribution in [0.2, 0.25) is 0 Å². The molecule has 9 heteroatoms. The molecular weight excluding hydrogens is 456 g/mol. The Labute approximate surface area is 205 Å². The minimum absolute atomic E-state index is 0.0185. The number of quaternary nitrogens is 1. The number of nitrogens with one attached hydrogen (secondary N) is 2. The zero-order chi connectivity index (χ0) is 23.9. The first kappa shape index (κ1) is 24.9. The molecule has 2 heterocycles. The topological polar surface area (TPSA) is 87.0 Å². The van der Waals surface area contributed by atoms with Crippen LogP contribution in [0.5, 0.6) is 0 Å². The van der Waals surface area contributed by atoms with Gasteiger partial charge in [-0.3, -0.25) is 14.9 Å². The third-order valence-electron chi connectivity index (χ3n) is 8.04. The van der Waals surface area contributed by atoms with Gasteiger partial charge in [0.25, 0.3) is 5.91 Å². The molecule has 0 aromatic carbocycles. The fourth-order valence-corrected chi connectivity index (χ4v) is 8.52. The number of aliphatic hydroxyl groups excluding tert-OH is 1. The number of fused-ring (bicyclic) bond motifs is 2. The molecule has 2 fully saturated rings. The summed E-state index contributed by atoms with van der Waals surface area (Å²) >= 11 is 3.49. The summed E-state index contributed by atoms with van der Waals surface area (Å²) in [5.41, 5.74) is 0.996. The Balaban J connectivity index is 1.51. The summed E-state index contributed by atoms with van der Waals surface area (Å²) in [5.74, 6) is 2.15. The highest BCUT2D eigenvalue weighted by molar-refractivity contribution is 7.99. The van der Waals surface area contributed by atoms with Gasteiger partial charge in [-0.25, -0.2) is 4.98 Å². The molecule has 0 bridgehead atoms. The van der Waals surface area contributed by atoms with Crippen molar-refractivity contribution >= 4 is 40.0 Å². The quantitative estimate of drug-likeness (QED) is 0.576. The summed E-state index contributed by atoms with van der Waals surface area (Å²) in [4.78, 5) is 34.6. The maximum atomic E-state index is 13.2. The van der Waals surface area contributed by atoms with Crippen LogP contribution < -0.4 is 10.2 Å². The number of rotatable bonds is 5.